The van der Waals surface area contributed by atoms with E-state index in [0.717, 1.165) is 57.5 Å². The number of anilines is 1. The lowest BCUT2D eigenvalue weighted by Gasteiger charge is -2.29. The number of carbonyl (C=O) groups is 1. The quantitative estimate of drug-likeness (QED) is 0.862. The van der Waals surface area contributed by atoms with Crippen LogP contribution in [0.3, 0.4) is 0 Å². The molecule has 2 fully saturated rings. The highest BCUT2D eigenvalue weighted by molar-refractivity contribution is 5.94. The summed E-state index contributed by atoms with van der Waals surface area (Å²) in [6, 6.07) is 8.38. The summed E-state index contributed by atoms with van der Waals surface area (Å²) >= 11 is 0. The van der Waals surface area contributed by atoms with Gasteiger partial charge in [-0.1, -0.05) is 18.2 Å². The van der Waals surface area contributed by atoms with Crippen molar-refractivity contribution in [2.24, 2.45) is 5.92 Å². The van der Waals surface area contributed by atoms with Gasteiger partial charge < -0.3 is 14.9 Å². The number of benzene rings is 1. The van der Waals surface area contributed by atoms with E-state index < -0.39 is 5.60 Å². The fraction of sp³-hybridized carbons (Fsp3) is 0.667. The van der Waals surface area contributed by atoms with Crippen LogP contribution in [-0.2, 0) is 11.2 Å². The first-order chi connectivity index (χ1) is 11.9. The number of carbonyl (C=O) groups excluding carboxylic acids is 1. The standard InChI is InChI=1S/C21H32N2O2/c1-21(2,25)15-17-10-13-22(16-17)14-11-18-7-3-4-8-19(18)23-12-6-5-9-20(23)24/h3-4,7-8,17,25H,5-6,9-16H2,1-2H3. The van der Waals surface area contributed by atoms with Crippen LogP contribution in [0.4, 0.5) is 5.69 Å². The van der Waals surface area contributed by atoms with Gasteiger partial charge in [-0.05, 0) is 70.0 Å². The van der Waals surface area contributed by atoms with E-state index in [1.807, 2.05) is 24.8 Å². The number of nitrogens with zero attached hydrogens (tertiary/aromatic N) is 2. The molecule has 1 unspecified atom stereocenters. The molecule has 2 aliphatic rings. The molecule has 1 amide bonds. The smallest absolute Gasteiger partial charge is 0.226 e. The Hall–Kier alpha value is -1.39. The minimum atomic E-state index is -0.568. The summed E-state index contributed by atoms with van der Waals surface area (Å²) in [4.78, 5) is 16.8. The van der Waals surface area contributed by atoms with Gasteiger partial charge >= 0.3 is 0 Å². The second-order valence-corrected chi connectivity index (χ2v) is 8.35. The van der Waals surface area contributed by atoms with Crippen molar-refractivity contribution in [3.8, 4) is 0 Å². The summed E-state index contributed by atoms with van der Waals surface area (Å²) < 4.78 is 0. The molecule has 1 aromatic carbocycles. The number of rotatable bonds is 6. The van der Waals surface area contributed by atoms with Gasteiger partial charge in [-0.2, -0.15) is 0 Å². The van der Waals surface area contributed by atoms with Crippen molar-refractivity contribution in [2.45, 2.75) is 58.0 Å². The number of amides is 1. The van der Waals surface area contributed by atoms with Gasteiger partial charge in [0.2, 0.25) is 5.91 Å². The Kier molecular flexibility index (Phi) is 5.80. The third-order valence-electron chi connectivity index (χ3n) is 5.46. The summed E-state index contributed by atoms with van der Waals surface area (Å²) in [7, 11) is 0. The first-order valence-corrected chi connectivity index (χ1v) is 9.75. The minimum Gasteiger partial charge on any atom is -0.390 e. The summed E-state index contributed by atoms with van der Waals surface area (Å²) in [5, 5.41) is 10.0. The maximum absolute atomic E-state index is 12.3. The predicted octanol–water partition coefficient (Wildman–Crippen LogP) is 3.23. The van der Waals surface area contributed by atoms with E-state index in [9.17, 15) is 9.90 Å². The Morgan fingerprint density at radius 3 is 2.76 bits per heavy atom. The second kappa shape index (κ2) is 7.88. The number of hydrogen-bond acceptors (Lipinski definition) is 3. The fourth-order valence-electron chi connectivity index (χ4n) is 4.31. The van der Waals surface area contributed by atoms with E-state index >= 15 is 0 Å². The van der Waals surface area contributed by atoms with Crippen molar-refractivity contribution in [1.29, 1.82) is 0 Å². The molecule has 0 spiro atoms. The number of para-hydroxylation sites is 1. The molecule has 0 radical (unpaired) electrons. The lowest BCUT2D eigenvalue weighted by atomic mass is 9.93. The highest BCUT2D eigenvalue weighted by Crippen LogP contribution is 2.28. The van der Waals surface area contributed by atoms with Crippen molar-refractivity contribution in [2.75, 3.05) is 31.1 Å². The van der Waals surface area contributed by atoms with E-state index in [1.54, 1.807) is 0 Å². The van der Waals surface area contributed by atoms with E-state index in [1.165, 1.54) is 12.0 Å². The molecule has 4 nitrogen and oxygen atoms in total. The normalized spacial score (nSPS) is 22.6. The Balaban J connectivity index is 1.58. The number of likely N-dealkylation sites (tertiary alicyclic amines) is 1. The molecule has 25 heavy (non-hydrogen) atoms. The predicted molar refractivity (Wildman–Crippen MR) is 102 cm³/mol. The van der Waals surface area contributed by atoms with Crippen molar-refractivity contribution in [3.05, 3.63) is 29.8 Å². The molecule has 4 heteroatoms. The Morgan fingerprint density at radius 2 is 2.00 bits per heavy atom. The van der Waals surface area contributed by atoms with Crippen LogP contribution in [0.5, 0.6) is 0 Å². The number of piperidine rings is 1. The lowest BCUT2D eigenvalue weighted by molar-refractivity contribution is -0.119. The first kappa shape index (κ1) is 18.4. The van der Waals surface area contributed by atoms with Crippen LogP contribution in [-0.4, -0.2) is 47.7 Å². The molecule has 2 saturated heterocycles. The molecule has 2 heterocycles. The largest absolute Gasteiger partial charge is 0.390 e. The summed E-state index contributed by atoms with van der Waals surface area (Å²) in [5.74, 6) is 0.865. The van der Waals surface area contributed by atoms with E-state index in [-0.39, 0.29) is 5.91 Å². The Morgan fingerprint density at radius 1 is 1.20 bits per heavy atom. The average Bonchev–Trinajstić information content (AvgIpc) is 2.99. The van der Waals surface area contributed by atoms with Gasteiger partial charge in [0.15, 0.2) is 0 Å². The minimum absolute atomic E-state index is 0.269. The van der Waals surface area contributed by atoms with Gasteiger partial charge in [-0.25, -0.2) is 0 Å². The highest BCUT2D eigenvalue weighted by Gasteiger charge is 2.28. The summed E-state index contributed by atoms with van der Waals surface area (Å²) in [5.41, 5.74) is 1.82. The van der Waals surface area contributed by atoms with Crippen LogP contribution >= 0.6 is 0 Å². The van der Waals surface area contributed by atoms with Crippen LogP contribution < -0.4 is 4.90 Å². The first-order valence-electron chi connectivity index (χ1n) is 9.75. The molecule has 1 aromatic rings. The SMILES string of the molecule is CC(C)(O)CC1CCN(CCc2ccccc2N2CCCCC2=O)C1. The van der Waals surface area contributed by atoms with Crippen LogP contribution in [0.2, 0.25) is 0 Å². The average molecular weight is 344 g/mol. The topological polar surface area (TPSA) is 43.8 Å². The fourth-order valence-corrected chi connectivity index (χ4v) is 4.31. The van der Waals surface area contributed by atoms with Crippen molar-refractivity contribution >= 4 is 11.6 Å². The molecule has 0 saturated carbocycles. The molecule has 2 aliphatic heterocycles. The van der Waals surface area contributed by atoms with Gasteiger partial charge in [0.05, 0.1) is 5.60 Å². The summed E-state index contributed by atoms with van der Waals surface area (Å²) in [6.45, 7) is 7.89. The molecule has 138 valence electrons. The molecular weight excluding hydrogens is 312 g/mol. The van der Waals surface area contributed by atoms with Crippen LogP contribution in [0.1, 0.15) is 51.5 Å². The monoisotopic (exact) mass is 344 g/mol. The molecular formula is C21H32N2O2. The summed E-state index contributed by atoms with van der Waals surface area (Å²) in [6.07, 6.45) is 5.84. The molecule has 1 N–H and O–H groups in total. The van der Waals surface area contributed by atoms with Crippen LogP contribution in [0.25, 0.3) is 0 Å². The zero-order chi connectivity index (χ0) is 17.9. The zero-order valence-corrected chi connectivity index (χ0v) is 15.7. The lowest BCUT2D eigenvalue weighted by Crippen LogP contribution is -2.36. The van der Waals surface area contributed by atoms with Gasteiger partial charge in [-0.3, -0.25) is 4.79 Å². The van der Waals surface area contributed by atoms with Gasteiger partial charge in [-0.15, -0.1) is 0 Å². The van der Waals surface area contributed by atoms with Crippen molar-refractivity contribution in [1.82, 2.24) is 4.90 Å². The van der Waals surface area contributed by atoms with E-state index in [0.29, 0.717) is 12.3 Å². The van der Waals surface area contributed by atoms with Crippen LogP contribution in [0.15, 0.2) is 24.3 Å². The van der Waals surface area contributed by atoms with Crippen LogP contribution in [0, 0.1) is 5.92 Å². The number of hydrogen-bond donors (Lipinski definition) is 1. The van der Waals surface area contributed by atoms with Crippen molar-refractivity contribution < 1.29 is 9.90 Å². The van der Waals surface area contributed by atoms with E-state index in [4.69, 9.17) is 0 Å². The molecule has 0 bridgehead atoms. The molecule has 0 aromatic heterocycles. The maximum atomic E-state index is 12.3. The number of aliphatic hydroxyl groups is 1. The third-order valence-corrected chi connectivity index (χ3v) is 5.46. The van der Waals surface area contributed by atoms with Crippen molar-refractivity contribution in [3.63, 3.8) is 0 Å². The highest BCUT2D eigenvalue weighted by atomic mass is 16.3. The molecule has 0 aliphatic carbocycles. The Labute approximate surface area is 151 Å². The van der Waals surface area contributed by atoms with Gasteiger partial charge in [0.25, 0.3) is 0 Å². The molecule has 3 rings (SSSR count). The maximum Gasteiger partial charge on any atom is 0.226 e. The zero-order valence-electron chi connectivity index (χ0n) is 15.7. The van der Waals surface area contributed by atoms with Gasteiger partial charge in [0, 0.05) is 31.7 Å². The third kappa shape index (κ3) is 5.05. The Bertz CT molecular complexity index is 594. The second-order valence-electron chi connectivity index (χ2n) is 8.35. The van der Waals surface area contributed by atoms with E-state index in [2.05, 4.69) is 23.1 Å². The molecule has 1 atom stereocenters. The van der Waals surface area contributed by atoms with Gasteiger partial charge in [0.1, 0.15) is 0 Å².